The summed E-state index contributed by atoms with van der Waals surface area (Å²) in [5.41, 5.74) is 2.33. The van der Waals surface area contributed by atoms with Crippen molar-refractivity contribution in [1.82, 2.24) is 4.98 Å². The topological polar surface area (TPSA) is 72.2 Å². The molecule has 0 aliphatic carbocycles. The molecule has 9 heteroatoms. The number of nitrogens with two attached hydrogens (primary N) is 1. The molecule has 0 radical (unpaired) electrons. The summed E-state index contributed by atoms with van der Waals surface area (Å²) in [6, 6.07) is 5.88. The standard InChI is InChI=1S/C12H10F4N4O/c13-8-5-9(14)11(20-17)19-10(8)18-6-1-3-7(4-2-6)21-12(15)16/h1-5,12H,17H2,(H2,18,19,20). The van der Waals surface area contributed by atoms with Crippen LogP contribution in [-0.4, -0.2) is 11.6 Å². The number of nitrogen functional groups attached to an aromatic ring is 1. The summed E-state index contributed by atoms with van der Waals surface area (Å²) < 4.78 is 54.9. The van der Waals surface area contributed by atoms with E-state index in [-0.39, 0.29) is 17.4 Å². The Bertz CT molecular complexity index is 621. The summed E-state index contributed by atoms with van der Waals surface area (Å²) in [6.45, 7) is -2.93. The fraction of sp³-hybridized carbons (Fsp3) is 0.0833. The van der Waals surface area contributed by atoms with Gasteiger partial charge in [0.25, 0.3) is 0 Å². The van der Waals surface area contributed by atoms with Crippen LogP contribution >= 0.6 is 0 Å². The number of anilines is 3. The number of hydrogen-bond donors (Lipinski definition) is 3. The van der Waals surface area contributed by atoms with Gasteiger partial charge in [-0.2, -0.15) is 8.78 Å². The molecular formula is C12H10F4N4O. The minimum atomic E-state index is -2.93. The minimum Gasteiger partial charge on any atom is -0.435 e. The average molecular weight is 302 g/mol. The second-order valence-corrected chi connectivity index (χ2v) is 3.82. The molecule has 2 rings (SSSR count). The van der Waals surface area contributed by atoms with Gasteiger partial charge in [0, 0.05) is 11.8 Å². The van der Waals surface area contributed by atoms with Gasteiger partial charge in [-0.15, -0.1) is 0 Å². The zero-order valence-corrected chi connectivity index (χ0v) is 10.4. The van der Waals surface area contributed by atoms with Crippen molar-refractivity contribution in [3.05, 3.63) is 42.0 Å². The lowest BCUT2D eigenvalue weighted by Crippen LogP contribution is -2.12. The Hall–Kier alpha value is -2.55. The highest BCUT2D eigenvalue weighted by molar-refractivity contribution is 5.59. The van der Waals surface area contributed by atoms with Crippen LogP contribution < -0.4 is 21.3 Å². The number of rotatable bonds is 5. The Labute approximate surface area is 116 Å². The monoisotopic (exact) mass is 302 g/mol. The number of aromatic nitrogens is 1. The van der Waals surface area contributed by atoms with E-state index in [1.807, 2.05) is 5.43 Å². The molecule has 0 spiro atoms. The van der Waals surface area contributed by atoms with E-state index in [4.69, 9.17) is 5.84 Å². The van der Waals surface area contributed by atoms with E-state index in [0.717, 1.165) is 0 Å². The third-order valence-electron chi connectivity index (χ3n) is 2.41. The third kappa shape index (κ3) is 3.72. The highest BCUT2D eigenvalue weighted by Gasteiger charge is 2.11. The second kappa shape index (κ2) is 6.27. The van der Waals surface area contributed by atoms with E-state index in [1.165, 1.54) is 24.3 Å². The van der Waals surface area contributed by atoms with E-state index in [0.29, 0.717) is 11.8 Å². The fourth-order valence-electron chi connectivity index (χ4n) is 1.51. The molecule has 1 aromatic carbocycles. The Morgan fingerprint density at radius 2 is 1.67 bits per heavy atom. The van der Waals surface area contributed by atoms with Crippen LogP contribution in [0.4, 0.5) is 34.9 Å². The van der Waals surface area contributed by atoms with Crippen LogP contribution in [-0.2, 0) is 0 Å². The normalized spacial score (nSPS) is 10.6. The van der Waals surface area contributed by atoms with E-state index in [9.17, 15) is 17.6 Å². The van der Waals surface area contributed by atoms with Gasteiger partial charge in [0.2, 0.25) is 0 Å². The van der Waals surface area contributed by atoms with Crippen LogP contribution in [0.1, 0.15) is 0 Å². The molecule has 0 amide bonds. The molecule has 2 aromatic rings. The van der Waals surface area contributed by atoms with Gasteiger partial charge in [0.05, 0.1) is 0 Å². The molecule has 21 heavy (non-hydrogen) atoms. The first kappa shape index (κ1) is 14.9. The zero-order chi connectivity index (χ0) is 15.4. The maximum absolute atomic E-state index is 13.5. The van der Waals surface area contributed by atoms with E-state index in [2.05, 4.69) is 15.0 Å². The maximum Gasteiger partial charge on any atom is 0.387 e. The number of nitrogens with one attached hydrogen (secondary N) is 2. The summed E-state index contributed by atoms with van der Waals surface area (Å²) in [4.78, 5) is 3.61. The minimum absolute atomic E-state index is 0.0487. The van der Waals surface area contributed by atoms with Crippen molar-refractivity contribution in [2.45, 2.75) is 6.61 Å². The molecule has 0 aliphatic rings. The predicted octanol–water partition coefficient (Wildman–Crippen LogP) is 2.99. The van der Waals surface area contributed by atoms with E-state index < -0.39 is 18.2 Å². The molecule has 4 N–H and O–H groups in total. The van der Waals surface area contributed by atoms with Crippen LogP contribution in [0.2, 0.25) is 0 Å². The number of alkyl halides is 2. The smallest absolute Gasteiger partial charge is 0.387 e. The van der Waals surface area contributed by atoms with E-state index in [1.54, 1.807) is 0 Å². The lowest BCUT2D eigenvalue weighted by atomic mass is 10.3. The van der Waals surface area contributed by atoms with Gasteiger partial charge in [-0.25, -0.2) is 19.6 Å². The van der Waals surface area contributed by atoms with Crippen molar-refractivity contribution in [2.24, 2.45) is 5.84 Å². The molecule has 0 fully saturated rings. The highest BCUT2D eigenvalue weighted by atomic mass is 19.3. The summed E-state index contributed by atoms with van der Waals surface area (Å²) in [6.07, 6.45) is 0. The molecule has 0 bridgehead atoms. The average Bonchev–Trinajstić information content (AvgIpc) is 2.43. The zero-order valence-electron chi connectivity index (χ0n) is 10.4. The number of pyridine rings is 1. The van der Waals surface area contributed by atoms with Gasteiger partial charge in [-0.05, 0) is 24.3 Å². The first-order valence-electron chi connectivity index (χ1n) is 5.64. The number of halogens is 4. The fourth-order valence-corrected chi connectivity index (χ4v) is 1.51. The van der Waals surface area contributed by atoms with Gasteiger partial charge >= 0.3 is 6.61 Å². The summed E-state index contributed by atoms with van der Waals surface area (Å²) >= 11 is 0. The summed E-state index contributed by atoms with van der Waals surface area (Å²) in [7, 11) is 0. The molecule has 5 nitrogen and oxygen atoms in total. The lowest BCUT2D eigenvalue weighted by molar-refractivity contribution is -0.0498. The Kier molecular flexibility index (Phi) is 4.43. The van der Waals surface area contributed by atoms with Crippen LogP contribution in [0.25, 0.3) is 0 Å². The van der Waals surface area contributed by atoms with Gasteiger partial charge < -0.3 is 15.5 Å². The van der Waals surface area contributed by atoms with Gasteiger partial charge in [0.1, 0.15) is 5.75 Å². The summed E-state index contributed by atoms with van der Waals surface area (Å²) in [5.74, 6) is 2.51. The molecule has 0 unspecified atom stereocenters. The number of hydrazine groups is 1. The molecule has 1 aromatic heterocycles. The number of nitrogens with zero attached hydrogens (tertiary/aromatic N) is 1. The number of hydrogen-bond acceptors (Lipinski definition) is 5. The molecule has 0 atom stereocenters. The maximum atomic E-state index is 13.5. The Balaban J connectivity index is 2.18. The van der Waals surface area contributed by atoms with Crippen molar-refractivity contribution in [1.29, 1.82) is 0 Å². The van der Waals surface area contributed by atoms with Crippen molar-refractivity contribution >= 4 is 17.3 Å². The van der Waals surface area contributed by atoms with Crippen molar-refractivity contribution in [2.75, 3.05) is 10.7 Å². The largest absolute Gasteiger partial charge is 0.435 e. The van der Waals surface area contributed by atoms with Crippen LogP contribution in [0, 0.1) is 11.6 Å². The van der Waals surface area contributed by atoms with Crippen molar-refractivity contribution in [3.8, 4) is 5.75 Å². The Morgan fingerprint density at radius 3 is 2.24 bits per heavy atom. The third-order valence-corrected chi connectivity index (χ3v) is 2.41. The second-order valence-electron chi connectivity index (χ2n) is 3.82. The first-order valence-corrected chi connectivity index (χ1v) is 5.64. The van der Waals surface area contributed by atoms with E-state index >= 15 is 0 Å². The Morgan fingerprint density at radius 1 is 1.05 bits per heavy atom. The SMILES string of the molecule is NNc1nc(Nc2ccc(OC(F)F)cc2)c(F)cc1F. The van der Waals surface area contributed by atoms with Gasteiger partial charge in [-0.3, -0.25) is 0 Å². The molecule has 0 saturated carbocycles. The molecule has 0 aliphatic heterocycles. The molecular weight excluding hydrogens is 292 g/mol. The molecule has 1 heterocycles. The quantitative estimate of drug-likeness (QED) is 0.450. The number of benzene rings is 1. The molecule has 112 valence electrons. The van der Waals surface area contributed by atoms with Crippen molar-refractivity contribution in [3.63, 3.8) is 0 Å². The first-order chi connectivity index (χ1) is 9.99. The molecule has 0 saturated heterocycles. The van der Waals surface area contributed by atoms with Gasteiger partial charge in [0.15, 0.2) is 23.3 Å². The summed E-state index contributed by atoms with van der Waals surface area (Å²) in [5, 5.41) is 2.56. The van der Waals surface area contributed by atoms with Gasteiger partial charge in [-0.1, -0.05) is 0 Å². The highest BCUT2D eigenvalue weighted by Crippen LogP contribution is 2.24. The lowest BCUT2D eigenvalue weighted by Gasteiger charge is -2.10. The predicted molar refractivity (Wildman–Crippen MR) is 68.3 cm³/mol. The van der Waals surface area contributed by atoms with Crippen LogP contribution in [0.3, 0.4) is 0 Å². The van der Waals surface area contributed by atoms with Crippen LogP contribution in [0.15, 0.2) is 30.3 Å². The van der Waals surface area contributed by atoms with Crippen LogP contribution in [0.5, 0.6) is 5.75 Å². The number of ether oxygens (including phenoxy) is 1. The van der Waals surface area contributed by atoms with Crippen molar-refractivity contribution < 1.29 is 22.3 Å².